The van der Waals surface area contributed by atoms with E-state index in [2.05, 4.69) is 0 Å². The first-order chi connectivity index (χ1) is 11.1. The topological polar surface area (TPSA) is 26.3 Å². The van der Waals surface area contributed by atoms with Crippen LogP contribution < -0.4 is 4.74 Å². The molecule has 2 aliphatic rings. The molecular weight excluding hydrogens is 298 g/mol. The Morgan fingerprint density at radius 1 is 0.826 bits per heavy atom. The zero-order valence-electron chi connectivity index (χ0n) is 13.4. The van der Waals surface area contributed by atoms with Gasteiger partial charge in [0.05, 0.1) is 5.92 Å². The summed E-state index contributed by atoms with van der Waals surface area (Å²) in [6, 6.07) is 2.87. The summed E-state index contributed by atoms with van der Waals surface area (Å²) in [5.41, 5.74) is 0. The Hall–Kier alpha value is -1.45. The van der Waals surface area contributed by atoms with Crippen LogP contribution in [0.2, 0.25) is 0 Å². The first-order valence-corrected chi connectivity index (χ1v) is 8.79. The Bertz CT molecular complexity index is 524. The van der Waals surface area contributed by atoms with E-state index in [1.54, 1.807) is 0 Å². The summed E-state index contributed by atoms with van der Waals surface area (Å²) in [7, 11) is 0. The van der Waals surface area contributed by atoms with Gasteiger partial charge in [0.15, 0.2) is 0 Å². The van der Waals surface area contributed by atoms with Gasteiger partial charge in [0.1, 0.15) is 17.4 Å². The molecule has 1 aromatic rings. The van der Waals surface area contributed by atoms with Crippen LogP contribution in [0.5, 0.6) is 5.75 Å². The molecule has 0 saturated heterocycles. The van der Waals surface area contributed by atoms with Crippen molar-refractivity contribution in [1.82, 2.24) is 0 Å². The molecular formula is C19H24F2O2. The van der Waals surface area contributed by atoms with Crippen molar-refractivity contribution < 1.29 is 18.3 Å². The maximum absolute atomic E-state index is 13.1. The smallest absolute Gasteiger partial charge is 0.314 e. The zero-order chi connectivity index (χ0) is 16.2. The molecule has 0 atom stereocenters. The van der Waals surface area contributed by atoms with Gasteiger partial charge in [-0.15, -0.1) is 0 Å². The molecule has 2 fully saturated rings. The number of rotatable bonds is 3. The summed E-state index contributed by atoms with van der Waals surface area (Å²) < 4.78 is 31.5. The van der Waals surface area contributed by atoms with Crippen LogP contribution in [0.25, 0.3) is 0 Å². The highest BCUT2D eigenvalue weighted by atomic mass is 19.1. The molecule has 1 aromatic carbocycles. The molecule has 0 radical (unpaired) electrons. The molecule has 0 N–H and O–H groups in total. The van der Waals surface area contributed by atoms with Gasteiger partial charge < -0.3 is 4.74 Å². The molecule has 0 unspecified atom stereocenters. The van der Waals surface area contributed by atoms with E-state index in [-0.39, 0.29) is 17.6 Å². The molecule has 2 aliphatic carbocycles. The normalized spacial score (nSPS) is 26.0. The Balaban J connectivity index is 1.51. The third kappa shape index (κ3) is 4.30. The van der Waals surface area contributed by atoms with E-state index in [1.165, 1.54) is 32.1 Å². The van der Waals surface area contributed by atoms with Crippen molar-refractivity contribution in [3.05, 3.63) is 29.8 Å². The Kier molecular flexibility index (Phi) is 5.29. The average Bonchev–Trinajstić information content (AvgIpc) is 2.55. The van der Waals surface area contributed by atoms with E-state index in [4.69, 9.17) is 4.74 Å². The molecule has 0 heterocycles. The van der Waals surface area contributed by atoms with Crippen LogP contribution in [0.1, 0.15) is 57.8 Å². The first-order valence-electron chi connectivity index (χ1n) is 8.79. The lowest BCUT2D eigenvalue weighted by molar-refractivity contribution is -0.140. The number of hydrogen-bond acceptors (Lipinski definition) is 2. The van der Waals surface area contributed by atoms with Crippen LogP contribution in [0.3, 0.4) is 0 Å². The van der Waals surface area contributed by atoms with Crippen molar-refractivity contribution >= 4 is 5.97 Å². The maximum atomic E-state index is 13.1. The minimum atomic E-state index is -0.728. The Labute approximate surface area is 136 Å². The van der Waals surface area contributed by atoms with Crippen molar-refractivity contribution in [3.63, 3.8) is 0 Å². The minimum absolute atomic E-state index is 0.0399. The number of carbonyl (C=O) groups excluding carboxylic acids is 1. The number of hydrogen-bond donors (Lipinski definition) is 0. The number of halogens is 2. The second-order valence-electron chi connectivity index (χ2n) is 7.04. The van der Waals surface area contributed by atoms with E-state index >= 15 is 0 Å². The molecule has 0 aromatic heterocycles. The largest absolute Gasteiger partial charge is 0.426 e. The second kappa shape index (κ2) is 7.41. The van der Waals surface area contributed by atoms with Gasteiger partial charge in [-0.1, -0.05) is 32.1 Å². The highest BCUT2D eigenvalue weighted by Gasteiger charge is 2.32. The van der Waals surface area contributed by atoms with Crippen LogP contribution in [0.15, 0.2) is 18.2 Å². The standard InChI is InChI=1S/C19H24F2O2/c20-16-10-17(21)12-18(11-16)23-19(22)15-8-6-14(7-9-15)13-4-2-1-3-5-13/h10-15H,1-9H2. The van der Waals surface area contributed by atoms with Crippen LogP contribution in [0.4, 0.5) is 8.78 Å². The van der Waals surface area contributed by atoms with Gasteiger partial charge in [-0.3, -0.25) is 4.79 Å². The number of benzene rings is 1. The summed E-state index contributed by atoms with van der Waals surface area (Å²) in [6.45, 7) is 0. The molecule has 0 amide bonds. The van der Waals surface area contributed by atoms with E-state index in [1.807, 2.05) is 0 Å². The predicted octanol–water partition coefficient (Wildman–Crippen LogP) is 5.26. The summed E-state index contributed by atoms with van der Waals surface area (Å²) in [4.78, 5) is 12.2. The molecule has 126 valence electrons. The third-order valence-corrected chi connectivity index (χ3v) is 5.48. The minimum Gasteiger partial charge on any atom is -0.426 e. The van der Waals surface area contributed by atoms with Gasteiger partial charge in [0, 0.05) is 18.2 Å². The zero-order valence-corrected chi connectivity index (χ0v) is 13.4. The van der Waals surface area contributed by atoms with Gasteiger partial charge in [0.25, 0.3) is 0 Å². The molecule has 2 saturated carbocycles. The first kappa shape index (κ1) is 16.4. The van der Waals surface area contributed by atoms with E-state index < -0.39 is 11.6 Å². The van der Waals surface area contributed by atoms with Gasteiger partial charge in [-0.2, -0.15) is 0 Å². The van der Waals surface area contributed by atoms with E-state index in [0.717, 1.165) is 55.7 Å². The number of esters is 1. The lowest BCUT2D eigenvalue weighted by atomic mass is 9.71. The lowest BCUT2D eigenvalue weighted by Crippen LogP contribution is -2.29. The number of ether oxygens (including phenoxy) is 1. The van der Waals surface area contributed by atoms with Crippen molar-refractivity contribution in [3.8, 4) is 5.75 Å². The Morgan fingerprint density at radius 2 is 1.39 bits per heavy atom. The SMILES string of the molecule is O=C(Oc1cc(F)cc(F)c1)C1CCC(C2CCCCC2)CC1. The summed E-state index contributed by atoms with van der Waals surface area (Å²) in [5, 5.41) is 0. The highest BCUT2D eigenvalue weighted by Crippen LogP contribution is 2.40. The molecule has 3 rings (SSSR count). The molecule has 23 heavy (non-hydrogen) atoms. The summed E-state index contributed by atoms with van der Waals surface area (Å²) in [5.74, 6) is -0.410. The van der Waals surface area contributed by atoms with Gasteiger partial charge >= 0.3 is 5.97 Å². The third-order valence-electron chi connectivity index (χ3n) is 5.48. The monoisotopic (exact) mass is 322 g/mol. The lowest BCUT2D eigenvalue weighted by Gasteiger charge is -2.35. The van der Waals surface area contributed by atoms with Crippen molar-refractivity contribution in [1.29, 1.82) is 0 Å². The fraction of sp³-hybridized carbons (Fsp3) is 0.632. The maximum Gasteiger partial charge on any atom is 0.314 e. The fourth-order valence-corrected chi connectivity index (χ4v) is 4.22. The van der Waals surface area contributed by atoms with Crippen LogP contribution >= 0.6 is 0 Å². The summed E-state index contributed by atoms with van der Waals surface area (Å²) in [6.07, 6.45) is 10.5. The van der Waals surface area contributed by atoms with Crippen molar-refractivity contribution in [2.24, 2.45) is 17.8 Å². The van der Waals surface area contributed by atoms with Gasteiger partial charge in [-0.25, -0.2) is 8.78 Å². The van der Waals surface area contributed by atoms with Crippen LogP contribution in [0, 0.1) is 29.4 Å². The van der Waals surface area contributed by atoms with E-state index in [0.29, 0.717) is 0 Å². The molecule has 2 nitrogen and oxygen atoms in total. The fourth-order valence-electron chi connectivity index (χ4n) is 4.22. The highest BCUT2D eigenvalue weighted by molar-refractivity contribution is 5.75. The Morgan fingerprint density at radius 3 is 2.00 bits per heavy atom. The average molecular weight is 322 g/mol. The molecule has 4 heteroatoms. The van der Waals surface area contributed by atoms with Crippen molar-refractivity contribution in [2.75, 3.05) is 0 Å². The van der Waals surface area contributed by atoms with Crippen molar-refractivity contribution in [2.45, 2.75) is 57.8 Å². The van der Waals surface area contributed by atoms with Crippen LogP contribution in [-0.2, 0) is 4.79 Å². The quantitative estimate of drug-likeness (QED) is 0.561. The molecule has 0 bridgehead atoms. The molecule has 0 spiro atoms. The van der Waals surface area contributed by atoms with E-state index in [9.17, 15) is 13.6 Å². The van der Waals surface area contributed by atoms with Crippen LogP contribution in [-0.4, -0.2) is 5.97 Å². The second-order valence-corrected chi connectivity index (χ2v) is 7.04. The number of carbonyl (C=O) groups is 1. The predicted molar refractivity (Wildman–Crippen MR) is 84.0 cm³/mol. The van der Waals surface area contributed by atoms with Gasteiger partial charge in [0.2, 0.25) is 0 Å². The molecule has 0 aliphatic heterocycles. The van der Waals surface area contributed by atoms with Gasteiger partial charge in [-0.05, 0) is 37.5 Å². The summed E-state index contributed by atoms with van der Waals surface area (Å²) >= 11 is 0.